The van der Waals surface area contributed by atoms with Gasteiger partial charge < -0.3 is 25.2 Å². The van der Waals surface area contributed by atoms with E-state index in [-0.39, 0.29) is 6.10 Å². The number of fused-ring (bicyclic) bond motifs is 1. The highest BCUT2D eigenvalue weighted by Gasteiger charge is 2.43. The van der Waals surface area contributed by atoms with E-state index >= 15 is 0 Å². The molecule has 0 radical (unpaired) electrons. The lowest BCUT2D eigenvalue weighted by molar-refractivity contribution is -0.0615. The van der Waals surface area contributed by atoms with Gasteiger partial charge in [0.15, 0.2) is 5.11 Å². The van der Waals surface area contributed by atoms with Crippen LogP contribution in [0.25, 0.3) is 0 Å². The molecule has 0 bridgehead atoms. The molecule has 25 heavy (non-hydrogen) atoms. The number of benzene rings is 1. The molecule has 2 aliphatic rings. The van der Waals surface area contributed by atoms with Crippen LogP contribution in [-0.4, -0.2) is 51.1 Å². The van der Waals surface area contributed by atoms with Crippen LogP contribution in [0.15, 0.2) is 18.2 Å². The van der Waals surface area contributed by atoms with Crippen LogP contribution in [0, 0.1) is 11.3 Å². The lowest BCUT2D eigenvalue weighted by Gasteiger charge is -2.43. The molecule has 1 saturated heterocycles. The lowest BCUT2D eigenvalue weighted by Crippen LogP contribution is -2.56. The molecule has 2 aliphatic heterocycles. The molecular weight excluding hydrogens is 338 g/mol. The normalized spacial score (nSPS) is 25.5. The first-order chi connectivity index (χ1) is 11.8. The molecule has 134 valence electrons. The fourth-order valence-electron chi connectivity index (χ4n) is 3.32. The highest BCUT2D eigenvalue weighted by atomic mass is 32.1. The zero-order chi connectivity index (χ0) is 18.2. The van der Waals surface area contributed by atoms with E-state index in [1.165, 1.54) is 0 Å². The van der Waals surface area contributed by atoms with E-state index in [9.17, 15) is 15.5 Å². The number of hydrogen-bond acceptors (Lipinski definition) is 5. The molecular formula is C18H23N3O3S. The van der Waals surface area contributed by atoms with Crippen LogP contribution in [0.4, 0.5) is 0 Å². The van der Waals surface area contributed by atoms with Gasteiger partial charge in [-0.3, -0.25) is 0 Å². The van der Waals surface area contributed by atoms with Crippen LogP contribution >= 0.6 is 12.2 Å². The number of piperidine rings is 1. The second-order valence-electron chi connectivity index (χ2n) is 7.16. The fourth-order valence-corrected chi connectivity index (χ4v) is 3.63. The molecule has 0 amide bonds. The summed E-state index contributed by atoms with van der Waals surface area (Å²) in [7, 11) is 0. The molecule has 1 fully saturated rings. The maximum atomic E-state index is 10.8. The third-order valence-corrected chi connectivity index (χ3v) is 5.28. The molecule has 0 unspecified atom stereocenters. The maximum absolute atomic E-state index is 10.8. The molecule has 0 aliphatic carbocycles. The summed E-state index contributed by atoms with van der Waals surface area (Å²) in [6.45, 7) is 5.02. The topological polar surface area (TPSA) is 88.8 Å². The number of likely N-dealkylation sites (tertiary alicyclic amines) is 1. The number of nitrogens with zero attached hydrogens (tertiary/aromatic N) is 2. The number of ether oxygens (including phenoxy) is 1. The molecule has 3 N–H and O–H groups in total. The molecule has 0 spiro atoms. The first-order valence-electron chi connectivity index (χ1n) is 8.46. The second kappa shape index (κ2) is 6.79. The van der Waals surface area contributed by atoms with Gasteiger partial charge in [-0.1, -0.05) is 0 Å². The van der Waals surface area contributed by atoms with Crippen molar-refractivity contribution in [1.29, 1.82) is 5.26 Å². The van der Waals surface area contributed by atoms with E-state index in [4.69, 9.17) is 17.0 Å². The average Bonchev–Trinajstić information content (AvgIpc) is 2.59. The molecule has 7 heteroatoms. The minimum atomic E-state index is -0.831. The number of rotatable bonds is 1. The van der Waals surface area contributed by atoms with E-state index in [0.29, 0.717) is 42.4 Å². The minimum Gasteiger partial charge on any atom is -0.485 e. The first-order valence-corrected chi connectivity index (χ1v) is 8.87. The standard InChI is InChI=1S/C18H23N3O3S/c1-18(2)16(23)15(13-9-11(10-19)3-4-14(13)24-18)20-17(25)21-7-5-12(22)6-8-21/h3-4,9,12,15-16,22-23H,5-8H2,1-2H3,(H,20,25)/t15-,16+/m1/s1. The van der Waals surface area contributed by atoms with Crippen molar-refractivity contribution in [3.8, 4) is 11.8 Å². The molecule has 0 aromatic heterocycles. The van der Waals surface area contributed by atoms with E-state index in [1.807, 2.05) is 18.7 Å². The molecule has 0 saturated carbocycles. The summed E-state index contributed by atoms with van der Waals surface area (Å²) >= 11 is 5.53. The third kappa shape index (κ3) is 3.56. The maximum Gasteiger partial charge on any atom is 0.169 e. The Hall–Kier alpha value is -1.88. The van der Waals surface area contributed by atoms with Crippen molar-refractivity contribution in [2.45, 2.75) is 50.5 Å². The Balaban J connectivity index is 1.86. The Labute approximate surface area is 153 Å². The number of aliphatic hydroxyl groups is 2. The smallest absolute Gasteiger partial charge is 0.169 e. The molecule has 3 rings (SSSR count). The molecule has 6 nitrogen and oxygen atoms in total. The van der Waals surface area contributed by atoms with Crippen LogP contribution in [0.5, 0.6) is 5.75 Å². The Morgan fingerprint density at radius 1 is 1.36 bits per heavy atom. The summed E-state index contributed by atoms with van der Waals surface area (Å²) < 4.78 is 5.91. The zero-order valence-electron chi connectivity index (χ0n) is 14.4. The van der Waals surface area contributed by atoms with Crippen molar-refractivity contribution in [2.75, 3.05) is 13.1 Å². The quantitative estimate of drug-likeness (QED) is 0.653. The molecule has 1 aromatic carbocycles. The monoisotopic (exact) mass is 361 g/mol. The molecule has 1 aromatic rings. The highest BCUT2D eigenvalue weighted by molar-refractivity contribution is 7.80. The van der Waals surface area contributed by atoms with Crippen molar-refractivity contribution >= 4 is 17.3 Å². The van der Waals surface area contributed by atoms with Crippen molar-refractivity contribution in [1.82, 2.24) is 10.2 Å². The van der Waals surface area contributed by atoms with Crippen LogP contribution in [0.3, 0.4) is 0 Å². The number of thiocarbonyl (C=S) groups is 1. The predicted molar refractivity (Wildman–Crippen MR) is 97.2 cm³/mol. The number of nitriles is 1. The van der Waals surface area contributed by atoms with Crippen molar-refractivity contribution in [2.24, 2.45) is 0 Å². The Morgan fingerprint density at radius 2 is 2.04 bits per heavy atom. The van der Waals surface area contributed by atoms with Crippen molar-refractivity contribution < 1.29 is 14.9 Å². The van der Waals surface area contributed by atoms with Crippen LogP contribution < -0.4 is 10.1 Å². The van der Waals surface area contributed by atoms with Gasteiger partial charge in [-0.15, -0.1) is 0 Å². The predicted octanol–water partition coefficient (Wildman–Crippen LogP) is 1.46. The van der Waals surface area contributed by atoms with Gasteiger partial charge in [0.25, 0.3) is 0 Å². The van der Waals surface area contributed by atoms with Gasteiger partial charge in [-0.25, -0.2) is 0 Å². The summed E-state index contributed by atoms with van der Waals surface area (Å²) in [6, 6.07) is 6.85. The van der Waals surface area contributed by atoms with Crippen molar-refractivity contribution in [3.63, 3.8) is 0 Å². The number of hydrogen-bond donors (Lipinski definition) is 3. The number of nitrogens with one attached hydrogen (secondary N) is 1. The van der Waals surface area contributed by atoms with Gasteiger partial charge in [0, 0.05) is 18.7 Å². The van der Waals surface area contributed by atoms with Gasteiger partial charge in [-0.2, -0.15) is 5.26 Å². The first kappa shape index (κ1) is 17.9. The lowest BCUT2D eigenvalue weighted by atomic mass is 9.86. The van der Waals surface area contributed by atoms with Gasteiger partial charge in [0.1, 0.15) is 17.5 Å². The van der Waals surface area contributed by atoms with E-state index < -0.39 is 17.7 Å². The van der Waals surface area contributed by atoms with Gasteiger partial charge in [0.2, 0.25) is 0 Å². The Kier molecular flexibility index (Phi) is 4.87. The molecule has 2 heterocycles. The summed E-state index contributed by atoms with van der Waals surface area (Å²) in [5.41, 5.74) is 0.449. The largest absolute Gasteiger partial charge is 0.485 e. The van der Waals surface area contributed by atoms with Crippen LogP contribution in [0.2, 0.25) is 0 Å². The summed E-state index contributed by atoms with van der Waals surface area (Å²) in [5.74, 6) is 0.642. The minimum absolute atomic E-state index is 0.273. The van der Waals surface area contributed by atoms with Crippen LogP contribution in [-0.2, 0) is 0 Å². The van der Waals surface area contributed by atoms with E-state index in [2.05, 4.69) is 11.4 Å². The SMILES string of the molecule is CC1(C)Oc2ccc(C#N)cc2[C@@H](NC(=S)N2CCC(O)CC2)[C@@H]1O. The van der Waals surface area contributed by atoms with Gasteiger partial charge >= 0.3 is 0 Å². The Morgan fingerprint density at radius 3 is 2.68 bits per heavy atom. The van der Waals surface area contributed by atoms with E-state index in [1.54, 1.807) is 18.2 Å². The average molecular weight is 361 g/mol. The zero-order valence-corrected chi connectivity index (χ0v) is 15.2. The second-order valence-corrected chi connectivity index (χ2v) is 7.55. The Bertz CT molecular complexity index is 708. The van der Waals surface area contributed by atoms with Gasteiger partial charge in [0.05, 0.1) is 23.8 Å². The van der Waals surface area contributed by atoms with Gasteiger partial charge in [-0.05, 0) is 57.1 Å². The third-order valence-electron chi connectivity index (χ3n) is 4.91. The van der Waals surface area contributed by atoms with Crippen molar-refractivity contribution in [3.05, 3.63) is 29.3 Å². The summed E-state index contributed by atoms with van der Waals surface area (Å²) in [4.78, 5) is 2.01. The number of aliphatic hydroxyl groups excluding tert-OH is 2. The molecule has 2 atom stereocenters. The fraction of sp³-hybridized carbons (Fsp3) is 0.556. The highest BCUT2D eigenvalue weighted by Crippen LogP contribution is 2.40. The van der Waals surface area contributed by atoms with Crippen LogP contribution in [0.1, 0.15) is 43.9 Å². The summed E-state index contributed by atoms with van der Waals surface area (Å²) in [5, 5.41) is 33.4. The summed E-state index contributed by atoms with van der Waals surface area (Å²) in [6.07, 6.45) is 0.255. The van der Waals surface area contributed by atoms with E-state index in [0.717, 1.165) is 5.56 Å².